The third-order valence-corrected chi connectivity index (χ3v) is 5.16. The fourth-order valence-electron chi connectivity index (χ4n) is 2.80. The normalized spacial score (nSPS) is 40.3. The Balaban J connectivity index is 1.85. The molecule has 0 spiro atoms. The summed E-state index contributed by atoms with van der Waals surface area (Å²) < 4.78 is 44.9. The Labute approximate surface area is 140 Å². The molecular weight excluding hydrogens is 321 g/mol. The third kappa shape index (κ3) is 5.56. The van der Waals surface area contributed by atoms with E-state index < -0.39 is 25.7 Å². The molecule has 2 heterocycles. The van der Waals surface area contributed by atoms with E-state index in [-0.39, 0.29) is 24.9 Å². The summed E-state index contributed by atoms with van der Waals surface area (Å²) in [4.78, 5) is 0. The molecule has 7 nitrogen and oxygen atoms in total. The summed E-state index contributed by atoms with van der Waals surface area (Å²) >= 11 is 0. The van der Waals surface area contributed by atoms with Crippen LogP contribution >= 0.6 is 7.60 Å². The Morgan fingerprint density at radius 1 is 1.04 bits per heavy atom. The van der Waals surface area contributed by atoms with Gasteiger partial charge >= 0.3 is 7.60 Å². The second-order valence-electron chi connectivity index (χ2n) is 5.84. The quantitative estimate of drug-likeness (QED) is 0.467. The molecule has 1 unspecified atom stereocenters. The van der Waals surface area contributed by atoms with Crippen molar-refractivity contribution in [3.63, 3.8) is 0 Å². The van der Waals surface area contributed by atoms with Crippen molar-refractivity contribution in [2.45, 2.75) is 49.3 Å². The summed E-state index contributed by atoms with van der Waals surface area (Å²) in [5.74, 6) is 0. The van der Waals surface area contributed by atoms with Crippen molar-refractivity contribution in [3.05, 3.63) is 0 Å². The maximum absolute atomic E-state index is 12.6. The summed E-state index contributed by atoms with van der Waals surface area (Å²) in [6.07, 6.45) is -0.361. The van der Waals surface area contributed by atoms with Crippen molar-refractivity contribution in [3.8, 4) is 0 Å². The summed E-state index contributed by atoms with van der Waals surface area (Å²) in [5, 5.41) is 0. The van der Waals surface area contributed by atoms with E-state index in [9.17, 15) is 4.57 Å². The minimum absolute atomic E-state index is 0.0779. The second kappa shape index (κ2) is 8.48. The van der Waals surface area contributed by atoms with Crippen LogP contribution in [-0.2, 0) is 32.6 Å². The highest BCUT2D eigenvalue weighted by molar-refractivity contribution is 7.53. The molecule has 10 heteroatoms. The van der Waals surface area contributed by atoms with Gasteiger partial charge in [-0.1, -0.05) is 0 Å². The standard InChI is InChI=1S/C13H23B2O7P/c1-17-6-10-9(5-13(15)20-10)22-23(3,16)19-7-11-8(18-2)4-12(14)21-11/h8-13H,4-7H2,1-3H3/t8-,9-,10-,11-,12-,13-,23?/m1/s1. The molecule has 2 fully saturated rings. The zero-order valence-electron chi connectivity index (χ0n) is 13.8. The molecular formula is C13H23B2O7P. The molecule has 2 aliphatic heterocycles. The lowest BCUT2D eigenvalue weighted by atomic mass is 9.96. The van der Waals surface area contributed by atoms with Gasteiger partial charge in [0.05, 0.1) is 25.4 Å². The van der Waals surface area contributed by atoms with Crippen molar-refractivity contribution in [2.75, 3.05) is 34.1 Å². The lowest BCUT2D eigenvalue weighted by molar-refractivity contribution is -0.0285. The molecule has 2 rings (SSSR count). The van der Waals surface area contributed by atoms with E-state index in [0.29, 0.717) is 19.4 Å². The maximum Gasteiger partial charge on any atom is 0.328 e. The Morgan fingerprint density at radius 3 is 2.17 bits per heavy atom. The molecule has 0 aromatic rings. The molecule has 0 amide bonds. The van der Waals surface area contributed by atoms with E-state index in [1.54, 1.807) is 14.2 Å². The number of methoxy groups -OCH3 is 2. The number of hydrogen-bond acceptors (Lipinski definition) is 7. The molecule has 0 N–H and O–H groups in total. The average molecular weight is 344 g/mol. The smallest absolute Gasteiger partial charge is 0.328 e. The molecule has 0 bridgehead atoms. The van der Waals surface area contributed by atoms with Crippen LogP contribution in [0.15, 0.2) is 0 Å². The van der Waals surface area contributed by atoms with Crippen molar-refractivity contribution in [2.24, 2.45) is 0 Å². The summed E-state index contributed by atoms with van der Waals surface area (Å²) in [7, 11) is 11.3. The zero-order valence-corrected chi connectivity index (χ0v) is 14.6. The van der Waals surface area contributed by atoms with Crippen LogP contribution in [0.3, 0.4) is 0 Å². The molecule has 2 saturated heterocycles. The highest BCUT2D eigenvalue weighted by Crippen LogP contribution is 2.48. The first-order valence-electron chi connectivity index (χ1n) is 7.59. The molecule has 23 heavy (non-hydrogen) atoms. The molecule has 128 valence electrons. The first-order valence-corrected chi connectivity index (χ1v) is 9.58. The van der Waals surface area contributed by atoms with E-state index in [1.165, 1.54) is 6.66 Å². The Morgan fingerprint density at radius 2 is 1.61 bits per heavy atom. The minimum atomic E-state index is -3.31. The van der Waals surface area contributed by atoms with Gasteiger partial charge in [0.2, 0.25) is 0 Å². The van der Waals surface area contributed by atoms with Crippen molar-refractivity contribution in [1.82, 2.24) is 0 Å². The molecule has 2 aliphatic rings. The predicted molar refractivity (Wildman–Crippen MR) is 85.1 cm³/mol. The first kappa shape index (κ1) is 19.4. The lowest BCUT2D eigenvalue weighted by Gasteiger charge is -2.24. The van der Waals surface area contributed by atoms with E-state index in [2.05, 4.69) is 0 Å². The number of rotatable bonds is 8. The van der Waals surface area contributed by atoms with Crippen LogP contribution in [0.25, 0.3) is 0 Å². The Hall–Kier alpha value is 0.120. The monoisotopic (exact) mass is 344 g/mol. The van der Waals surface area contributed by atoms with Crippen LogP contribution in [-0.4, -0.2) is 86.2 Å². The van der Waals surface area contributed by atoms with Gasteiger partial charge in [-0.05, 0) is 12.8 Å². The molecule has 0 aromatic carbocycles. The van der Waals surface area contributed by atoms with Crippen LogP contribution < -0.4 is 0 Å². The van der Waals surface area contributed by atoms with E-state index >= 15 is 0 Å². The van der Waals surface area contributed by atoms with E-state index in [4.69, 9.17) is 43.7 Å². The zero-order chi connectivity index (χ0) is 17.0. The van der Waals surface area contributed by atoms with Gasteiger partial charge in [0, 0.05) is 32.9 Å². The summed E-state index contributed by atoms with van der Waals surface area (Å²) in [6, 6.07) is -0.868. The molecule has 4 radical (unpaired) electrons. The highest BCUT2D eigenvalue weighted by Gasteiger charge is 2.39. The number of ether oxygens (including phenoxy) is 4. The van der Waals surface area contributed by atoms with Crippen molar-refractivity contribution < 1.29 is 32.6 Å². The van der Waals surface area contributed by atoms with Gasteiger partial charge in [-0.25, -0.2) is 0 Å². The average Bonchev–Trinajstić information content (AvgIpc) is 2.99. The minimum Gasteiger partial charge on any atom is -0.382 e. The molecule has 0 aliphatic carbocycles. The van der Waals surface area contributed by atoms with E-state index in [1.807, 2.05) is 0 Å². The van der Waals surface area contributed by atoms with Crippen LogP contribution in [0.1, 0.15) is 12.8 Å². The fourth-order valence-corrected chi connectivity index (χ4v) is 3.99. The summed E-state index contributed by atoms with van der Waals surface area (Å²) in [6.45, 7) is 1.80. The molecule has 0 aromatic heterocycles. The summed E-state index contributed by atoms with van der Waals surface area (Å²) in [5.41, 5.74) is 0. The second-order valence-corrected chi connectivity index (χ2v) is 7.85. The van der Waals surface area contributed by atoms with Crippen LogP contribution in [0.5, 0.6) is 0 Å². The van der Waals surface area contributed by atoms with Crippen LogP contribution in [0.4, 0.5) is 0 Å². The van der Waals surface area contributed by atoms with Gasteiger partial charge in [0.25, 0.3) is 0 Å². The van der Waals surface area contributed by atoms with E-state index in [0.717, 1.165) is 0 Å². The number of hydrogen-bond donors (Lipinski definition) is 0. The maximum atomic E-state index is 12.6. The van der Waals surface area contributed by atoms with Gasteiger partial charge < -0.3 is 28.0 Å². The largest absolute Gasteiger partial charge is 0.382 e. The predicted octanol–water partition coefficient (Wildman–Crippen LogP) is 0.439. The van der Waals surface area contributed by atoms with Gasteiger partial charge in [-0.3, -0.25) is 4.57 Å². The van der Waals surface area contributed by atoms with Crippen molar-refractivity contribution in [1.29, 1.82) is 0 Å². The SMILES string of the molecule is [B][C@H]1C[C@@H](OC)[C@@H](COP(C)(=O)O[C@@H]2C[C@H]([B])O[C@@H]2COC)O1. The third-order valence-electron chi connectivity index (χ3n) is 3.89. The Kier molecular flexibility index (Phi) is 7.17. The lowest BCUT2D eigenvalue weighted by Crippen LogP contribution is -2.30. The van der Waals surface area contributed by atoms with Gasteiger partial charge in [0.15, 0.2) is 0 Å². The Bertz CT molecular complexity index is 427. The van der Waals surface area contributed by atoms with Gasteiger partial charge in [-0.15, -0.1) is 0 Å². The molecule has 7 atom stereocenters. The van der Waals surface area contributed by atoms with Crippen molar-refractivity contribution >= 4 is 23.3 Å². The topological polar surface area (TPSA) is 72.5 Å². The molecule has 0 saturated carbocycles. The van der Waals surface area contributed by atoms with Gasteiger partial charge in [-0.2, -0.15) is 0 Å². The van der Waals surface area contributed by atoms with Crippen LogP contribution in [0, 0.1) is 0 Å². The van der Waals surface area contributed by atoms with Gasteiger partial charge in [0.1, 0.15) is 27.9 Å². The van der Waals surface area contributed by atoms with Crippen LogP contribution in [0.2, 0.25) is 0 Å². The fraction of sp³-hybridized carbons (Fsp3) is 1.00. The highest BCUT2D eigenvalue weighted by atomic mass is 31.2. The first-order chi connectivity index (χ1) is 10.8.